The molecule has 0 saturated carbocycles. The van der Waals surface area contributed by atoms with Crippen LogP contribution < -0.4 is 15.0 Å². The number of para-hydroxylation sites is 2. The van der Waals surface area contributed by atoms with Gasteiger partial charge < -0.3 is 19.7 Å². The van der Waals surface area contributed by atoms with E-state index in [0.29, 0.717) is 19.7 Å². The van der Waals surface area contributed by atoms with Crippen molar-refractivity contribution in [3.63, 3.8) is 0 Å². The van der Waals surface area contributed by atoms with Crippen molar-refractivity contribution >= 4 is 11.6 Å². The summed E-state index contributed by atoms with van der Waals surface area (Å²) in [5, 5.41) is 2.85. The maximum atomic E-state index is 11.8. The highest BCUT2D eigenvalue weighted by Gasteiger charge is 2.10. The summed E-state index contributed by atoms with van der Waals surface area (Å²) < 4.78 is 10.2. The normalized spacial score (nSPS) is 10.1. The molecule has 1 N–H and O–H groups in total. The Morgan fingerprint density at radius 2 is 2.05 bits per heavy atom. The molecule has 1 rings (SSSR count). The van der Waals surface area contributed by atoms with E-state index in [0.717, 1.165) is 17.9 Å². The Hall–Kier alpha value is -1.75. The van der Waals surface area contributed by atoms with E-state index in [1.807, 2.05) is 36.2 Å². The summed E-state index contributed by atoms with van der Waals surface area (Å²) in [5.41, 5.74) is 0.900. The first-order chi connectivity index (χ1) is 9.19. The van der Waals surface area contributed by atoms with Crippen LogP contribution in [0.4, 0.5) is 5.69 Å². The van der Waals surface area contributed by atoms with Crippen LogP contribution in [-0.2, 0) is 9.53 Å². The summed E-state index contributed by atoms with van der Waals surface area (Å²) in [7, 11) is 5.14. The molecule has 0 heterocycles. The molecule has 1 aromatic carbocycles. The molecule has 0 aromatic heterocycles. The Kier molecular flexibility index (Phi) is 6.74. The van der Waals surface area contributed by atoms with E-state index in [2.05, 4.69) is 5.32 Å². The zero-order chi connectivity index (χ0) is 14.1. The SMILES string of the molecule is COCCCNC(=O)CN(C)c1ccccc1OC. The molecule has 0 spiro atoms. The van der Waals surface area contributed by atoms with Crippen LogP contribution in [-0.4, -0.2) is 46.9 Å². The number of anilines is 1. The molecule has 0 bridgehead atoms. The van der Waals surface area contributed by atoms with E-state index in [4.69, 9.17) is 9.47 Å². The molecule has 0 saturated heterocycles. The van der Waals surface area contributed by atoms with Crippen LogP contribution in [0.3, 0.4) is 0 Å². The van der Waals surface area contributed by atoms with Crippen molar-refractivity contribution in [1.82, 2.24) is 5.32 Å². The smallest absolute Gasteiger partial charge is 0.239 e. The summed E-state index contributed by atoms with van der Waals surface area (Å²) >= 11 is 0. The Morgan fingerprint density at radius 1 is 1.32 bits per heavy atom. The number of rotatable bonds is 8. The number of hydrogen-bond donors (Lipinski definition) is 1. The van der Waals surface area contributed by atoms with Crippen molar-refractivity contribution < 1.29 is 14.3 Å². The van der Waals surface area contributed by atoms with Gasteiger partial charge in [0, 0.05) is 27.3 Å². The molecule has 19 heavy (non-hydrogen) atoms. The predicted octanol–water partition coefficient (Wildman–Crippen LogP) is 1.28. The monoisotopic (exact) mass is 266 g/mol. The number of ether oxygens (including phenoxy) is 2. The van der Waals surface area contributed by atoms with Gasteiger partial charge in [0.2, 0.25) is 5.91 Å². The second-order valence-electron chi connectivity index (χ2n) is 4.22. The van der Waals surface area contributed by atoms with Gasteiger partial charge in [-0.15, -0.1) is 0 Å². The minimum atomic E-state index is -0.00971. The van der Waals surface area contributed by atoms with E-state index in [1.54, 1.807) is 14.2 Å². The fraction of sp³-hybridized carbons (Fsp3) is 0.500. The van der Waals surface area contributed by atoms with E-state index in [-0.39, 0.29) is 5.91 Å². The molecule has 0 aliphatic rings. The van der Waals surface area contributed by atoms with Gasteiger partial charge in [0.15, 0.2) is 0 Å². The van der Waals surface area contributed by atoms with Crippen molar-refractivity contribution in [3.8, 4) is 5.75 Å². The molecule has 1 amide bonds. The van der Waals surface area contributed by atoms with Gasteiger partial charge in [-0.3, -0.25) is 4.79 Å². The molecular weight excluding hydrogens is 244 g/mol. The van der Waals surface area contributed by atoms with Crippen molar-refractivity contribution in [2.45, 2.75) is 6.42 Å². The minimum Gasteiger partial charge on any atom is -0.495 e. The third kappa shape index (κ3) is 5.18. The number of hydrogen-bond acceptors (Lipinski definition) is 4. The quantitative estimate of drug-likeness (QED) is 0.720. The average Bonchev–Trinajstić information content (AvgIpc) is 2.43. The molecule has 0 atom stereocenters. The number of amides is 1. The molecule has 0 unspecified atom stereocenters. The zero-order valence-electron chi connectivity index (χ0n) is 11.8. The Bertz CT molecular complexity index is 396. The van der Waals surface area contributed by atoms with Gasteiger partial charge in [0.1, 0.15) is 5.75 Å². The van der Waals surface area contributed by atoms with Crippen LogP contribution >= 0.6 is 0 Å². The maximum Gasteiger partial charge on any atom is 0.239 e. The Balaban J connectivity index is 2.45. The number of nitrogens with one attached hydrogen (secondary N) is 1. The zero-order valence-corrected chi connectivity index (χ0v) is 11.8. The van der Waals surface area contributed by atoms with Crippen LogP contribution in [0.25, 0.3) is 0 Å². The minimum absolute atomic E-state index is 0.00971. The van der Waals surface area contributed by atoms with Crippen molar-refractivity contribution in [2.24, 2.45) is 0 Å². The van der Waals surface area contributed by atoms with Crippen LogP contribution in [0.1, 0.15) is 6.42 Å². The molecule has 1 aromatic rings. The van der Waals surface area contributed by atoms with E-state index in [9.17, 15) is 4.79 Å². The highest BCUT2D eigenvalue weighted by Crippen LogP contribution is 2.26. The van der Waals surface area contributed by atoms with Gasteiger partial charge in [0.05, 0.1) is 19.3 Å². The van der Waals surface area contributed by atoms with Gasteiger partial charge in [-0.05, 0) is 18.6 Å². The Morgan fingerprint density at radius 3 is 2.74 bits per heavy atom. The molecule has 5 heteroatoms. The first-order valence-electron chi connectivity index (χ1n) is 6.28. The summed E-state index contributed by atoms with van der Waals surface area (Å²) in [4.78, 5) is 13.6. The summed E-state index contributed by atoms with van der Waals surface area (Å²) in [5.74, 6) is 0.752. The fourth-order valence-corrected chi connectivity index (χ4v) is 1.75. The topological polar surface area (TPSA) is 50.8 Å². The highest BCUT2D eigenvalue weighted by molar-refractivity contribution is 5.81. The molecule has 0 radical (unpaired) electrons. The highest BCUT2D eigenvalue weighted by atomic mass is 16.5. The van der Waals surface area contributed by atoms with Gasteiger partial charge >= 0.3 is 0 Å². The molecule has 5 nitrogen and oxygen atoms in total. The number of methoxy groups -OCH3 is 2. The maximum absolute atomic E-state index is 11.8. The number of benzene rings is 1. The lowest BCUT2D eigenvalue weighted by molar-refractivity contribution is -0.119. The first-order valence-corrected chi connectivity index (χ1v) is 6.28. The third-order valence-corrected chi connectivity index (χ3v) is 2.72. The second kappa shape index (κ2) is 8.37. The van der Waals surface area contributed by atoms with Crippen LogP contribution in [0, 0.1) is 0 Å². The van der Waals surface area contributed by atoms with Crippen molar-refractivity contribution in [2.75, 3.05) is 45.9 Å². The van der Waals surface area contributed by atoms with E-state index >= 15 is 0 Å². The van der Waals surface area contributed by atoms with Gasteiger partial charge in [-0.1, -0.05) is 12.1 Å². The summed E-state index contributed by atoms with van der Waals surface area (Å²) in [6, 6.07) is 7.63. The fourth-order valence-electron chi connectivity index (χ4n) is 1.75. The number of carbonyl (C=O) groups is 1. The number of likely N-dealkylation sites (N-methyl/N-ethyl adjacent to an activating group) is 1. The molecule has 0 aliphatic heterocycles. The first kappa shape index (κ1) is 15.3. The molecule has 0 aliphatic carbocycles. The average molecular weight is 266 g/mol. The van der Waals surface area contributed by atoms with Crippen LogP contribution in [0.2, 0.25) is 0 Å². The molecular formula is C14H22N2O3. The van der Waals surface area contributed by atoms with Gasteiger partial charge in [-0.2, -0.15) is 0 Å². The number of nitrogens with zero attached hydrogens (tertiary/aromatic N) is 1. The predicted molar refractivity (Wildman–Crippen MR) is 75.8 cm³/mol. The molecule has 0 fully saturated rings. The summed E-state index contributed by atoms with van der Waals surface area (Å²) in [6.07, 6.45) is 0.820. The number of carbonyl (C=O) groups excluding carboxylic acids is 1. The van der Waals surface area contributed by atoms with Gasteiger partial charge in [0.25, 0.3) is 0 Å². The molecule has 106 valence electrons. The van der Waals surface area contributed by atoms with E-state index in [1.165, 1.54) is 0 Å². The van der Waals surface area contributed by atoms with Crippen LogP contribution in [0.15, 0.2) is 24.3 Å². The largest absolute Gasteiger partial charge is 0.495 e. The lowest BCUT2D eigenvalue weighted by atomic mass is 10.2. The lowest BCUT2D eigenvalue weighted by Crippen LogP contribution is -2.36. The van der Waals surface area contributed by atoms with Crippen LogP contribution in [0.5, 0.6) is 5.75 Å². The standard InChI is InChI=1S/C14H22N2O3/c1-16(11-14(17)15-9-6-10-18-2)12-7-4-5-8-13(12)19-3/h4-5,7-8H,6,9-11H2,1-3H3,(H,15,17). The third-order valence-electron chi connectivity index (χ3n) is 2.72. The van der Waals surface area contributed by atoms with E-state index < -0.39 is 0 Å². The second-order valence-corrected chi connectivity index (χ2v) is 4.22. The lowest BCUT2D eigenvalue weighted by Gasteiger charge is -2.21. The summed E-state index contributed by atoms with van der Waals surface area (Å²) in [6.45, 7) is 1.59. The Labute approximate surface area is 114 Å². The van der Waals surface area contributed by atoms with Crippen molar-refractivity contribution in [1.29, 1.82) is 0 Å². The van der Waals surface area contributed by atoms with Gasteiger partial charge in [-0.25, -0.2) is 0 Å². The van der Waals surface area contributed by atoms with Crippen molar-refractivity contribution in [3.05, 3.63) is 24.3 Å².